The van der Waals surface area contributed by atoms with Crippen molar-refractivity contribution >= 4 is 17.4 Å². The van der Waals surface area contributed by atoms with Gasteiger partial charge in [-0.2, -0.15) is 0 Å². The summed E-state index contributed by atoms with van der Waals surface area (Å²) in [5.41, 5.74) is 2.53. The summed E-state index contributed by atoms with van der Waals surface area (Å²) < 4.78 is 5.00. The second-order valence-corrected chi connectivity index (χ2v) is 5.92. The second-order valence-electron chi connectivity index (χ2n) is 5.92. The van der Waals surface area contributed by atoms with Gasteiger partial charge in [0.1, 0.15) is 11.5 Å². The molecule has 6 heteroatoms. The Balaban J connectivity index is 1.69. The number of rotatable bonds is 6. The first-order valence-corrected chi connectivity index (χ1v) is 8.17. The van der Waals surface area contributed by atoms with E-state index in [1.807, 2.05) is 23.1 Å². The van der Waals surface area contributed by atoms with E-state index in [2.05, 4.69) is 28.3 Å². The van der Waals surface area contributed by atoms with E-state index in [1.165, 1.54) is 11.8 Å². The molecule has 6 nitrogen and oxygen atoms in total. The minimum Gasteiger partial charge on any atom is -0.385 e. The van der Waals surface area contributed by atoms with Crippen LogP contribution >= 0.6 is 0 Å². The van der Waals surface area contributed by atoms with Crippen molar-refractivity contribution in [3.63, 3.8) is 0 Å². The number of anilines is 2. The van der Waals surface area contributed by atoms with E-state index in [-0.39, 0.29) is 11.9 Å². The summed E-state index contributed by atoms with van der Waals surface area (Å²) in [5, 5.41) is 3.16. The predicted molar refractivity (Wildman–Crippen MR) is 93.4 cm³/mol. The molecule has 1 aliphatic rings. The standard InChI is InChI=1S/C18H22N4O2/c1-13-10-14-6-3-4-7-16(14)22(13)18(23)15-11-21-17(12-20-15)19-8-5-9-24-2/h3-4,6-7,11-13H,5,8-10H2,1-2H3,(H,19,21). The molecule has 0 radical (unpaired) electrons. The number of ether oxygens (including phenoxy) is 1. The number of carbonyl (C=O) groups is 1. The third-order valence-electron chi connectivity index (χ3n) is 4.13. The molecule has 1 amide bonds. The van der Waals surface area contributed by atoms with Crippen molar-refractivity contribution in [2.75, 3.05) is 30.5 Å². The molecule has 2 heterocycles. The Morgan fingerprint density at radius 1 is 1.33 bits per heavy atom. The van der Waals surface area contributed by atoms with Crippen LogP contribution in [0.25, 0.3) is 0 Å². The van der Waals surface area contributed by atoms with Gasteiger partial charge in [-0.25, -0.2) is 9.97 Å². The number of hydrogen-bond donors (Lipinski definition) is 1. The molecule has 3 rings (SSSR count). The van der Waals surface area contributed by atoms with Gasteiger partial charge in [0.15, 0.2) is 0 Å². The number of nitrogens with zero attached hydrogens (tertiary/aromatic N) is 3. The van der Waals surface area contributed by atoms with E-state index >= 15 is 0 Å². The van der Waals surface area contributed by atoms with Crippen LogP contribution in [0.4, 0.5) is 11.5 Å². The lowest BCUT2D eigenvalue weighted by atomic mass is 10.1. The lowest BCUT2D eigenvalue weighted by molar-refractivity contribution is 0.0976. The summed E-state index contributed by atoms with van der Waals surface area (Å²) in [6.07, 6.45) is 4.90. The van der Waals surface area contributed by atoms with Crippen LogP contribution in [-0.2, 0) is 11.2 Å². The average Bonchev–Trinajstić information content (AvgIpc) is 2.94. The van der Waals surface area contributed by atoms with E-state index in [9.17, 15) is 4.79 Å². The van der Waals surface area contributed by atoms with Gasteiger partial charge in [0.2, 0.25) is 0 Å². The molecular formula is C18H22N4O2. The topological polar surface area (TPSA) is 67.3 Å². The molecule has 0 spiro atoms. The Morgan fingerprint density at radius 2 is 2.17 bits per heavy atom. The molecule has 0 saturated heterocycles. The van der Waals surface area contributed by atoms with Crippen molar-refractivity contribution in [1.82, 2.24) is 9.97 Å². The van der Waals surface area contributed by atoms with Gasteiger partial charge in [-0.15, -0.1) is 0 Å². The van der Waals surface area contributed by atoms with Crippen LogP contribution in [0, 0.1) is 0 Å². The highest BCUT2D eigenvalue weighted by Gasteiger charge is 2.31. The van der Waals surface area contributed by atoms with Crippen molar-refractivity contribution in [3.05, 3.63) is 47.9 Å². The van der Waals surface area contributed by atoms with E-state index in [0.717, 1.165) is 25.1 Å². The molecule has 0 fully saturated rings. The van der Waals surface area contributed by atoms with E-state index in [1.54, 1.807) is 13.3 Å². The quantitative estimate of drug-likeness (QED) is 0.826. The molecule has 0 aliphatic carbocycles. The number of fused-ring (bicyclic) bond motifs is 1. The first-order valence-electron chi connectivity index (χ1n) is 8.17. The highest BCUT2D eigenvalue weighted by atomic mass is 16.5. The van der Waals surface area contributed by atoms with Crippen LogP contribution < -0.4 is 10.2 Å². The number of hydrogen-bond acceptors (Lipinski definition) is 5. The van der Waals surface area contributed by atoms with Crippen molar-refractivity contribution < 1.29 is 9.53 Å². The van der Waals surface area contributed by atoms with Gasteiger partial charge in [0, 0.05) is 32.0 Å². The summed E-state index contributed by atoms with van der Waals surface area (Å²) in [5.74, 6) is 0.559. The zero-order chi connectivity index (χ0) is 16.9. The number of nitrogens with one attached hydrogen (secondary N) is 1. The average molecular weight is 326 g/mol. The summed E-state index contributed by atoms with van der Waals surface area (Å²) in [6, 6.07) is 8.14. The van der Waals surface area contributed by atoms with Gasteiger partial charge in [-0.1, -0.05) is 18.2 Å². The monoisotopic (exact) mass is 326 g/mol. The first kappa shape index (κ1) is 16.4. The third-order valence-corrected chi connectivity index (χ3v) is 4.13. The molecule has 1 unspecified atom stereocenters. The Kier molecular flexibility index (Phi) is 5.05. The van der Waals surface area contributed by atoms with Crippen molar-refractivity contribution in [2.24, 2.45) is 0 Å². The van der Waals surface area contributed by atoms with Crippen LogP contribution in [0.2, 0.25) is 0 Å². The number of aromatic nitrogens is 2. The zero-order valence-corrected chi connectivity index (χ0v) is 14.0. The summed E-state index contributed by atoms with van der Waals surface area (Å²) in [4.78, 5) is 23.2. The number of para-hydroxylation sites is 1. The Labute approximate surface area is 141 Å². The summed E-state index contributed by atoms with van der Waals surface area (Å²) in [6.45, 7) is 3.51. The molecule has 1 aliphatic heterocycles. The van der Waals surface area contributed by atoms with E-state index < -0.39 is 0 Å². The number of methoxy groups -OCH3 is 1. The highest BCUT2D eigenvalue weighted by Crippen LogP contribution is 2.32. The Hall–Kier alpha value is -2.47. The Morgan fingerprint density at radius 3 is 2.92 bits per heavy atom. The molecule has 1 aromatic heterocycles. The van der Waals surface area contributed by atoms with E-state index in [0.29, 0.717) is 18.1 Å². The van der Waals surface area contributed by atoms with Crippen LogP contribution in [0.1, 0.15) is 29.4 Å². The third kappa shape index (κ3) is 3.38. The fraction of sp³-hybridized carbons (Fsp3) is 0.389. The van der Waals surface area contributed by atoms with Gasteiger partial charge in [0.25, 0.3) is 5.91 Å². The van der Waals surface area contributed by atoms with Crippen LogP contribution in [0.3, 0.4) is 0 Å². The fourth-order valence-corrected chi connectivity index (χ4v) is 2.96. The van der Waals surface area contributed by atoms with Gasteiger partial charge in [0.05, 0.1) is 12.4 Å². The van der Waals surface area contributed by atoms with Crippen molar-refractivity contribution in [3.8, 4) is 0 Å². The summed E-state index contributed by atoms with van der Waals surface area (Å²) in [7, 11) is 1.68. The number of benzene rings is 1. The minimum absolute atomic E-state index is 0.106. The minimum atomic E-state index is -0.106. The highest BCUT2D eigenvalue weighted by molar-refractivity contribution is 6.06. The van der Waals surface area contributed by atoms with Gasteiger partial charge in [-0.3, -0.25) is 4.79 Å². The molecule has 0 saturated carbocycles. The molecule has 1 aromatic carbocycles. The molecular weight excluding hydrogens is 304 g/mol. The molecule has 1 atom stereocenters. The normalized spacial score (nSPS) is 16.1. The molecule has 1 N–H and O–H groups in total. The molecule has 0 bridgehead atoms. The fourth-order valence-electron chi connectivity index (χ4n) is 2.96. The SMILES string of the molecule is COCCCNc1cnc(C(=O)N2c3ccccc3CC2C)cn1. The largest absolute Gasteiger partial charge is 0.385 e. The maximum absolute atomic E-state index is 12.8. The first-order chi connectivity index (χ1) is 11.7. The Bertz CT molecular complexity index is 702. The van der Waals surface area contributed by atoms with Crippen LogP contribution in [-0.4, -0.2) is 42.2 Å². The lowest BCUT2D eigenvalue weighted by Crippen LogP contribution is -2.36. The maximum Gasteiger partial charge on any atom is 0.278 e. The zero-order valence-electron chi connectivity index (χ0n) is 14.0. The number of carbonyl (C=O) groups excluding carboxylic acids is 1. The van der Waals surface area contributed by atoms with Gasteiger partial charge in [-0.05, 0) is 31.4 Å². The molecule has 24 heavy (non-hydrogen) atoms. The van der Waals surface area contributed by atoms with Crippen molar-refractivity contribution in [2.45, 2.75) is 25.8 Å². The van der Waals surface area contributed by atoms with Gasteiger partial charge >= 0.3 is 0 Å². The summed E-state index contributed by atoms with van der Waals surface area (Å²) >= 11 is 0. The predicted octanol–water partition coefficient (Wildman–Crippen LogP) is 2.52. The second kappa shape index (κ2) is 7.40. The van der Waals surface area contributed by atoms with Gasteiger partial charge < -0.3 is 15.0 Å². The lowest BCUT2D eigenvalue weighted by Gasteiger charge is -2.22. The smallest absolute Gasteiger partial charge is 0.278 e. The molecule has 2 aromatic rings. The maximum atomic E-state index is 12.8. The van der Waals surface area contributed by atoms with Crippen LogP contribution in [0.5, 0.6) is 0 Å². The van der Waals surface area contributed by atoms with E-state index in [4.69, 9.17) is 4.74 Å². The van der Waals surface area contributed by atoms with Crippen LogP contribution in [0.15, 0.2) is 36.7 Å². The number of amides is 1. The van der Waals surface area contributed by atoms with Crippen molar-refractivity contribution in [1.29, 1.82) is 0 Å². The molecule has 126 valence electrons.